The summed E-state index contributed by atoms with van der Waals surface area (Å²) in [6.45, 7) is 0.560. The second-order valence-corrected chi connectivity index (χ2v) is 4.90. The summed E-state index contributed by atoms with van der Waals surface area (Å²) in [6, 6.07) is 11.6. The van der Waals surface area contributed by atoms with Gasteiger partial charge < -0.3 is 9.73 Å². The largest absolute Gasteiger partial charge is 0.469 e. The van der Waals surface area contributed by atoms with Crippen LogP contribution in [-0.2, 0) is 17.8 Å². The number of hydrogen-bond acceptors (Lipinski definition) is 2. The minimum Gasteiger partial charge on any atom is -0.469 e. The zero-order chi connectivity index (χ0) is 12.8. The van der Waals surface area contributed by atoms with Crippen molar-refractivity contribution in [3.63, 3.8) is 0 Å². The lowest BCUT2D eigenvalue weighted by Crippen LogP contribution is -2.22. The second-order valence-electron chi connectivity index (χ2n) is 3.98. The van der Waals surface area contributed by atoms with E-state index in [0.717, 1.165) is 15.8 Å². The van der Waals surface area contributed by atoms with Crippen LogP contribution in [0.4, 0.5) is 0 Å². The van der Waals surface area contributed by atoms with Crippen molar-refractivity contribution in [2.75, 3.05) is 0 Å². The van der Waals surface area contributed by atoms with Gasteiger partial charge in [-0.05, 0) is 29.8 Å². The van der Waals surface area contributed by atoms with Gasteiger partial charge >= 0.3 is 0 Å². The second kappa shape index (κ2) is 6.40. The van der Waals surface area contributed by atoms with Crippen LogP contribution in [0.3, 0.4) is 0 Å². The Morgan fingerprint density at radius 2 is 2.00 bits per heavy atom. The van der Waals surface area contributed by atoms with Crippen LogP contribution in [-0.4, -0.2) is 5.91 Å². The summed E-state index contributed by atoms with van der Waals surface area (Å²) in [5, 5.41) is 2.88. The summed E-state index contributed by atoms with van der Waals surface area (Å²) >= 11 is 3.37. The Balaban J connectivity index is 1.73. The Morgan fingerprint density at radius 1 is 1.22 bits per heavy atom. The summed E-state index contributed by atoms with van der Waals surface area (Å²) in [6.07, 6.45) is 2.71. The molecule has 0 bridgehead atoms. The molecule has 0 aliphatic rings. The number of rotatable bonds is 5. The molecule has 0 saturated heterocycles. The van der Waals surface area contributed by atoms with E-state index in [9.17, 15) is 4.79 Å². The molecular formula is C14H14BrNO2. The van der Waals surface area contributed by atoms with E-state index in [1.165, 1.54) is 0 Å². The molecule has 2 rings (SSSR count). The van der Waals surface area contributed by atoms with E-state index in [1.807, 2.05) is 36.4 Å². The average molecular weight is 308 g/mol. The van der Waals surface area contributed by atoms with Crippen LogP contribution >= 0.6 is 15.9 Å². The van der Waals surface area contributed by atoms with E-state index in [-0.39, 0.29) is 5.91 Å². The van der Waals surface area contributed by atoms with Gasteiger partial charge in [0.1, 0.15) is 5.76 Å². The number of amides is 1. The Morgan fingerprint density at radius 3 is 2.67 bits per heavy atom. The molecule has 0 aliphatic heterocycles. The summed E-state index contributed by atoms with van der Waals surface area (Å²) < 4.78 is 6.21. The van der Waals surface area contributed by atoms with Gasteiger partial charge in [-0.25, -0.2) is 0 Å². The molecule has 1 amide bonds. The van der Waals surface area contributed by atoms with Gasteiger partial charge in [-0.1, -0.05) is 28.1 Å². The number of halogens is 1. The summed E-state index contributed by atoms with van der Waals surface area (Å²) in [7, 11) is 0. The third-order valence-electron chi connectivity index (χ3n) is 2.58. The van der Waals surface area contributed by atoms with Crippen molar-refractivity contribution in [3.05, 3.63) is 58.5 Å². The molecule has 2 aromatic rings. The number of benzene rings is 1. The maximum Gasteiger partial charge on any atom is 0.220 e. The SMILES string of the molecule is O=C(CCc1ccco1)NCc1ccc(Br)cc1. The van der Waals surface area contributed by atoms with Crippen molar-refractivity contribution in [2.45, 2.75) is 19.4 Å². The maximum atomic E-state index is 11.6. The third kappa shape index (κ3) is 4.04. The van der Waals surface area contributed by atoms with Crippen LogP contribution in [0.5, 0.6) is 0 Å². The highest BCUT2D eigenvalue weighted by molar-refractivity contribution is 9.10. The van der Waals surface area contributed by atoms with Gasteiger partial charge in [0.2, 0.25) is 5.91 Å². The average Bonchev–Trinajstić information content (AvgIpc) is 2.89. The monoisotopic (exact) mass is 307 g/mol. The van der Waals surface area contributed by atoms with E-state index >= 15 is 0 Å². The first kappa shape index (κ1) is 12.9. The molecule has 0 spiro atoms. The Bertz CT molecular complexity index is 491. The lowest BCUT2D eigenvalue weighted by atomic mass is 10.2. The summed E-state index contributed by atoms with van der Waals surface area (Å²) in [5.74, 6) is 0.878. The fourth-order valence-corrected chi connectivity index (χ4v) is 1.85. The molecule has 18 heavy (non-hydrogen) atoms. The normalized spacial score (nSPS) is 10.3. The van der Waals surface area contributed by atoms with Gasteiger partial charge in [0.25, 0.3) is 0 Å². The minimum atomic E-state index is 0.0364. The number of carbonyl (C=O) groups excluding carboxylic acids is 1. The fraction of sp³-hybridized carbons (Fsp3) is 0.214. The van der Waals surface area contributed by atoms with Gasteiger partial charge in [0.15, 0.2) is 0 Å². The lowest BCUT2D eigenvalue weighted by Gasteiger charge is -2.04. The van der Waals surface area contributed by atoms with E-state index in [4.69, 9.17) is 4.42 Å². The van der Waals surface area contributed by atoms with Crippen molar-refractivity contribution in [3.8, 4) is 0 Å². The highest BCUT2D eigenvalue weighted by atomic mass is 79.9. The molecule has 1 heterocycles. The van der Waals surface area contributed by atoms with Crippen molar-refractivity contribution in [1.82, 2.24) is 5.32 Å². The molecule has 0 radical (unpaired) electrons. The molecule has 0 aliphatic carbocycles. The number of carbonyl (C=O) groups is 1. The van der Waals surface area contributed by atoms with Crippen LogP contribution in [0.15, 0.2) is 51.6 Å². The maximum absolute atomic E-state index is 11.6. The first-order chi connectivity index (χ1) is 8.74. The molecule has 1 aromatic heterocycles. The van der Waals surface area contributed by atoms with E-state index in [1.54, 1.807) is 6.26 Å². The predicted molar refractivity (Wildman–Crippen MR) is 73.0 cm³/mol. The third-order valence-corrected chi connectivity index (χ3v) is 3.11. The lowest BCUT2D eigenvalue weighted by molar-refractivity contribution is -0.121. The molecule has 94 valence electrons. The van der Waals surface area contributed by atoms with Gasteiger partial charge in [-0.2, -0.15) is 0 Å². The number of nitrogens with one attached hydrogen (secondary N) is 1. The number of aryl methyl sites for hydroxylation is 1. The first-order valence-electron chi connectivity index (χ1n) is 5.77. The standard InChI is InChI=1S/C14H14BrNO2/c15-12-5-3-11(4-6-12)10-16-14(17)8-7-13-2-1-9-18-13/h1-6,9H,7-8,10H2,(H,16,17). The molecule has 1 N–H and O–H groups in total. The molecule has 0 fully saturated rings. The van der Waals surface area contributed by atoms with Crippen LogP contribution in [0, 0.1) is 0 Å². The smallest absolute Gasteiger partial charge is 0.220 e. The fourth-order valence-electron chi connectivity index (χ4n) is 1.58. The van der Waals surface area contributed by atoms with Crippen LogP contribution in [0.25, 0.3) is 0 Å². The van der Waals surface area contributed by atoms with Crippen molar-refractivity contribution in [1.29, 1.82) is 0 Å². The van der Waals surface area contributed by atoms with E-state index in [2.05, 4.69) is 21.2 Å². The van der Waals surface area contributed by atoms with Crippen LogP contribution in [0.2, 0.25) is 0 Å². The summed E-state index contributed by atoms with van der Waals surface area (Å²) in [4.78, 5) is 11.6. The van der Waals surface area contributed by atoms with Crippen LogP contribution in [0.1, 0.15) is 17.7 Å². The molecule has 0 saturated carbocycles. The van der Waals surface area contributed by atoms with Gasteiger partial charge in [0, 0.05) is 23.9 Å². The number of furan rings is 1. The van der Waals surface area contributed by atoms with Gasteiger partial charge in [-0.15, -0.1) is 0 Å². The highest BCUT2D eigenvalue weighted by Gasteiger charge is 2.03. The van der Waals surface area contributed by atoms with Gasteiger partial charge in [0.05, 0.1) is 6.26 Å². The van der Waals surface area contributed by atoms with E-state index in [0.29, 0.717) is 19.4 Å². The molecular weight excluding hydrogens is 294 g/mol. The quantitative estimate of drug-likeness (QED) is 0.921. The number of hydrogen-bond donors (Lipinski definition) is 1. The first-order valence-corrected chi connectivity index (χ1v) is 6.57. The van der Waals surface area contributed by atoms with Crippen molar-refractivity contribution >= 4 is 21.8 Å². The Hall–Kier alpha value is -1.55. The highest BCUT2D eigenvalue weighted by Crippen LogP contribution is 2.10. The zero-order valence-corrected chi connectivity index (χ0v) is 11.4. The summed E-state index contributed by atoms with van der Waals surface area (Å²) in [5.41, 5.74) is 1.09. The van der Waals surface area contributed by atoms with Crippen molar-refractivity contribution < 1.29 is 9.21 Å². The molecule has 1 aromatic carbocycles. The van der Waals surface area contributed by atoms with Crippen molar-refractivity contribution in [2.24, 2.45) is 0 Å². The van der Waals surface area contributed by atoms with Gasteiger partial charge in [-0.3, -0.25) is 4.79 Å². The van der Waals surface area contributed by atoms with Crippen LogP contribution < -0.4 is 5.32 Å². The molecule has 4 heteroatoms. The zero-order valence-electron chi connectivity index (χ0n) is 9.86. The topological polar surface area (TPSA) is 42.2 Å². The van der Waals surface area contributed by atoms with E-state index < -0.39 is 0 Å². The molecule has 0 atom stereocenters. The Labute approximate surface area is 114 Å². The molecule has 3 nitrogen and oxygen atoms in total. The Kier molecular flexibility index (Phi) is 4.59. The predicted octanol–water partition coefficient (Wildman–Crippen LogP) is 3.29. The molecule has 0 unspecified atom stereocenters. The minimum absolute atomic E-state index is 0.0364.